The summed E-state index contributed by atoms with van der Waals surface area (Å²) < 4.78 is 0. The Morgan fingerprint density at radius 2 is 1.85 bits per heavy atom. The topological polar surface area (TPSA) is 15.3 Å². The van der Waals surface area contributed by atoms with Crippen LogP contribution in [-0.4, -0.2) is 37.1 Å². The van der Waals surface area contributed by atoms with Crippen LogP contribution in [-0.2, 0) is 0 Å². The molecule has 1 saturated heterocycles. The summed E-state index contributed by atoms with van der Waals surface area (Å²) in [4.78, 5) is 2.73. The minimum atomic E-state index is 0.419. The number of hydrogen-bond donors (Lipinski definition) is 1. The molecule has 1 fully saturated rings. The van der Waals surface area contributed by atoms with E-state index in [-0.39, 0.29) is 0 Å². The van der Waals surface area contributed by atoms with Crippen molar-refractivity contribution in [2.45, 2.75) is 73.3 Å². The smallest absolute Gasteiger partial charge is 0.00474 e. The van der Waals surface area contributed by atoms with Crippen molar-refractivity contribution in [2.24, 2.45) is 17.3 Å². The SMILES string of the molecule is CCC(C)(CNC(C)C)CN1CCCC(C(C)C)CC1. The highest BCUT2D eigenvalue weighted by molar-refractivity contribution is 4.82. The molecule has 1 aliphatic heterocycles. The van der Waals surface area contributed by atoms with E-state index in [1.54, 1.807) is 0 Å². The third-order valence-corrected chi connectivity index (χ3v) is 5.20. The van der Waals surface area contributed by atoms with Crippen molar-refractivity contribution < 1.29 is 0 Å². The van der Waals surface area contributed by atoms with Crippen molar-refractivity contribution >= 4 is 0 Å². The number of likely N-dealkylation sites (tertiary alicyclic amines) is 1. The van der Waals surface area contributed by atoms with Crippen molar-refractivity contribution in [3.63, 3.8) is 0 Å². The molecule has 0 saturated carbocycles. The maximum absolute atomic E-state index is 3.64. The lowest BCUT2D eigenvalue weighted by Gasteiger charge is -2.35. The molecule has 0 aromatic heterocycles. The highest BCUT2D eigenvalue weighted by Crippen LogP contribution is 2.28. The first-order chi connectivity index (χ1) is 9.36. The fourth-order valence-electron chi connectivity index (χ4n) is 3.29. The van der Waals surface area contributed by atoms with E-state index in [9.17, 15) is 0 Å². The second-order valence-corrected chi connectivity index (χ2v) is 7.91. The van der Waals surface area contributed by atoms with E-state index in [2.05, 4.69) is 51.8 Å². The zero-order valence-corrected chi connectivity index (χ0v) is 14.8. The molecule has 0 amide bonds. The molecule has 120 valence electrons. The average molecular weight is 283 g/mol. The van der Waals surface area contributed by atoms with Crippen LogP contribution in [0.4, 0.5) is 0 Å². The van der Waals surface area contributed by atoms with E-state index >= 15 is 0 Å². The van der Waals surface area contributed by atoms with Gasteiger partial charge in [0.25, 0.3) is 0 Å². The third kappa shape index (κ3) is 6.13. The van der Waals surface area contributed by atoms with Crippen molar-refractivity contribution in [3.05, 3.63) is 0 Å². The zero-order chi connectivity index (χ0) is 15.2. The normalized spacial score (nSPS) is 24.9. The van der Waals surface area contributed by atoms with Crippen LogP contribution >= 0.6 is 0 Å². The molecule has 0 spiro atoms. The van der Waals surface area contributed by atoms with Crippen LogP contribution < -0.4 is 5.32 Å². The standard InChI is InChI=1S/C18H38N2/c1-7-18(6,13-19-16(4)5)14-20-11-8-9-17(10-12-20)15(2)3/h15-17,19H,7-14H2,1-6H3. The summed E-state index contributed by atoms with van der Waals surface area (Å²) in [5, 5.41) is 3.64. The minimum Gasteiger partial charge on any atom is -0.314 e. The fourth-order valence-corrected chi connectivity index (χ4v) is 3.29. The van der Waals surface area contributed by atoms with Gasteiger partial charge in [0.05, 0.1) is 0 Å². The Morgan fingerprint density at radius 3 is 2.40 bits per heavy atom. The predicted octanol–water partition coefficient (Wildman–Crippen LogP) is 4.16. The van der Waals surface area contributed by atoms with Crippen molar-refractivity contribution in [1.29, 1.82) is 0 Å². The Labute approximate surface area is 127 Å². The van der Waals surface area contributed by atoms with Gasteiger partial charge in [0.1, 0.15) is 0 Å². The first-order valence-electron chi connectivity index (χ1n) is 8.82. The van der Waals surface area contributed by atoms with E-state index in [1.807, 2.05) is 0 Å². The molecule has 1 rings (SSSR count). The summed E-state index contributed by atoms with van der Waals surface area (Å²) in [7, 11) is 0. The summed E-state index contributed by atoms with van der Waals surface area (Å²) in [6.45, 7) is 19.1. The van der Waals surface area contributed by atoms with E-state index < -0.39 is 0 Å². The van der Waals surface area contributed by atoms with Crippen LogP contribution in [0.2, 0.25) is 0 Å². The van der Waals surface area contributed by atoms with Gasteiger partial charge in [0, 0.05) is 19.1 Å². The van der Waals surface area contributed by atoms with Gasteiger partial charge in [-0.1, -0.05) is 41.5 Å². The third-order valence-electron chi connectivity index (χ3n) is 5.20. The van der Waals surface area contributed by atoms with Crippen LogP contribution in [0.1, 0.15) is 67.2 Å². The van der Waals surface area contributed by atoms with Gasteiger partial charge >= 0.3 is 0 Å². The molecule has 0 aromatic carbocycles. The maximum atomic E-state index is 3.64. The van der Waals surface area contributed by atoms with Gasteiger partial charge < -0.3 is 10.2 Å². The molecule has 1 heterocycles. The fraction of sp³-hybridized carbons (Fsp3) is 1.00. The zero-order valence-electron chi connectivity index (χ0n) is 14.8. The average Bonchev–Trinajstić information content (AvgIpc) is 2.62. The minimum absolute atomic E-state index is 0.419. The molecule has 2 unspecified atom stereocenters. The van der Waals surface area contributed by atoms with Crippen molar-refractivity contribution in [3.8, 4) is 0 Å². The van der Waals surface area contributed by atoms with E-state index in [4.69, 9.17) is 0 Å². The summed E-state index contributed by atoms with van der Waals surface area (Å²) in [5.41, 5.74) is 0.419. The summed E-state index contributed by atoms with van der Waals surface area (Å²) >= 11 is 0. The Hall–Kier alpha value is -0.0800. The summed E-state index contributed by atoms with van der Waals surface area (Å²) in [6, 6.07) is 0.593. The largest absolute Gasteiger partial charge is 0.314 e. The molecule has 1 N–H and O–H groups in total. The highest BCUT2D eigenvalue weighted by atomic mass is 15.1. The monoisotopic (exact) mass is 282 g/mol. The summed E-state index contributed by atoms with van der Waals surface area (Å²) in [5.74, 6) is 1.80. The number of hydrogen-bond acceptors (Lipinski definition) is 2. The molecule has 2 atom stereocenters. The van der Waals surface area contributed by atoms with Gasteiger partial charge in [0.15, 0.2) is 0 Å². The quantitative estimate of drug-likeness (QED) is 0.754. The molecule has 2 nitrogen and oxygen atoms in total. The van der Waals surface area contributed by atoms with Gasteiger partial charge in [-0.15, -0.1) is 0 Å². The second-order valence-electron chi connectivity index (χ2n) is 7.91. The first-order valence-corrected chi connectivity index (χ1v) is 8.82. The Morgan fingerprint density at radius 1 is 1.15 bits per heavy atom. The Bertz CT molecular complexity index is 262. The highest BCUT2D eigenvalue weighted by Gasteiger charge is 2.27. The molecule has 0 aromatic rings. The molecular formula is C18H38N2. The second kappa shape index (κ2) is 8.38. The van der Waals surface area contributed by atoms with E-state index in [0.29, 0.717) is 11.5 Å². The molecule has 1 aliphatic rings. The van der Waals surface area contributed by atoms with E-state index in [1.165, 1.54) is 45.3 Å². The summed E-state index contributed by atoms with van der Waals surface area (Å²) in [6.07, 6.45) is 5.48. The molecular weight excluding hydrogens is 244 g/mol. The maximum Gasteiger partial charge on any atom is 0.00474 e. The Kier molecular flexibility index (Phi) is 7.53. The van der Waals surface area contributed by atoms with Gasteiger partial charge in [-0.25, -0.2) is 0 Å². The first kappa shape index (κ1) is 18.0. The van der Waals surface area contributed by atoms with Gasteiger partial charge in [0.2, 0.25) is 0 Å². The van der Waals surface area contributed by atoms with Crippen molar-refractivity contribution in [1.82, 2.24) is 10.2 Å². The van der Waals surface area contributed by atoms with E-state index in [0.717, 1.165) is 18.4 Å². The van der Waals surface area contributed by atoms with Crippen LogP contribution in [0.3, 0.4) is 0 Å². The van der Waals surface area contributed by atoms with Crippen LogP contribution in [0.5, 0.6) is 0 Å². The van der Waals surface area contributed by atoms with Crippen LogP contribution in [0, 0.1) is 17.3 Å². The molecule has 2 heteroatoms. The number of nitrogens with one attached hydrogen (secondary N) is 1. The molecule has 20 heavy (non-hydrogen) atoms. The van der Waals surface area contributed by atoms with Gasteiger partial charge in [-0.3, -0.25) is 0 Å². The number of rotatable bonds is 7. The van der Waals surface area contributed by atoms with Crippen LogP contribution in [0.25, 0.3) is 0 Å². The molecule has 0 aliphatic carbocycles. The lowest BCUT2D eigenvalue weighted by molar-refractivity contribution is 0.154. The van der Waals surface area contributed by atoms with Gasteiger partial charge in [-0.2, -0.15) is 0 Å². The molecule has 0 bridgehead atoms. The molecule has 0 radical (unpaired) electrons. The Balaban J connectivity index is 2.48. The predicted molar refractivity (Wildman–Crippen MR) is 90.2 cm³/mol. The van der Waals surface area contributed by atoms with Gasteiger partial charge in [-0.05, 0) is 56.0 Å². The number of nitrogens with zero attached hydrogens (tertiary/aromatic N) is 1. The lowest BCUT2D eigenvalue weighted by atomic mass is 9.86. The van der Waals surface area contributed by atoms with Crippen molar-refractivity contribution in [2.75, 3.05) is 26.2 Å². The lowest BCUT2D eigenvalue weighted by Crippen LogP contribution is -2.44. The van der Waals surface area contributed by atoms with Crippen LogP contribution in [0.15, 0.2) is 0 Å².